The first-order valence-electron chi connectivity index (χ1n) is 17.2. The van der Waals surface area contributed by atoms with E-state index in [9.17, 15) is 0 Å². The van der Waals surface area contributed by atoms with Gasteiger partial charge in [-0.25, -0.2) is 0 Å². The fraction of sp³-hybridized carbons (Fsp3) is 1.00. The third-order valence-electron chi connectivity index (χ3n) is 8.86. The summed E-state index contributed by atoms with van der Waals surface area (Å²) in [5.74, 6) is 0. The minimum absolute atomic E-state index is 0.294. The Labute approximate surface area is 252 Å². The van der Waals surface area contributed by atoms with Crippen LogP contribution in [0.15, 0.2) is 0 Å². The Morgan fingerprint density at radius 3 is 1.51 bits per heavy atom. The summed E-state index contributed by atoms with van der Waals surface area (Å²) >= 11 is 0. The molecule has 1 unspecified atom stereocenters. The molecule has 3 fully saturated rings. The molecule has 1 aliphatic carbocycles. The summed E-state index contributed by atoms with van der Waals surface area (Å²) in [6.45, 7) is 22.4. The van der Waals surface area contributed by atoms with Gasteiger partial charge in [-0.3, -0.25) is 4.90 Å². The van der Waals surface area contributed by atoms with Crippen LogP contribution in [0.2, 0.25) is 0 Å². The van der Waals surface area contributed by atoms with Gasteiger partial charge in [0.05, 0.1) is 0 Å². The van der Waals surface area contributed by atoms with Gasteiger partial charge in [0.15, 0.2) is 0 Å². The molecule has 0 aromatic heterocycles. The van der Waals surface area contributed by atoms with Gasteiger partial charge < -0.3 is 53.2 Å². The smallest absolute Gasteiger partial charge is 0.0306 e. The van der Waals surface area contributed by atoms with E-state index in [0.717, 1.165) is 131 Å². The molecule has 0 aromatic rings. The molecule has 1 saturated carbocycles. The van der Waals surface area contributed by atoms with Crippen molar-refractivity contribution < 1.29 is 0 Å². The quantitative estimate of drug-likeness (QED) is 0.157. The summed E-state index contributed by atoms with van der Waals surface area (Å²) < 4.78 is 0. The van der Waals surface area contributed by atoms with Crippen molar-refractivity contribution in [2.45, 2.75) is 56.5 Å². The molecule has 3 aliphatic rings. The highest BCUT2D eigenvalue weighted by Gasteiger charge is 2.32. The third-order valence-corrected chi connectivity index (χ3v) is 8.86. The maximum absolute atomic E-state index is 3.90. The van der Waals surface area contributed by atoms with Crippen LogP contribution in [0.1, 0.15) is 44.9 Å². The molecule has 1 atom stereocenters. The summed E-state index contributed by atoms with van der Waals surface area (Å²) in [6, 6.07) is 0.698. The zero-order chi connectivity index (χ0) is 28.5. The molecule has 1 spiro atoms. The van der Waals surface area contributed by atoms with Crippen LogP contribution in [0.3, 0.4) is 0 Å². The van der Waals surface area contributed by atoms with E-state index in [4.69, 9.17) is 0 Å². The molecule has 0 bridgehead atoms. The number of rotatable bonds is 0. The molecular weight excluding hydrogens is 514 g/mol. The summed E-state index contributed by atoms with van der Waals surface area (Å²) in [7, 11) is 0. The van der Waals surface area contributed by atoms with E-state index in [0.29, 0.717) is 11.6 Å². The maximum Gasteiger partial charge on any atom is 0.0306 e. The average Bonchev–Trinajstić information content (AvgIpc) is 3.64. The Morgan fingerprint density at radius 2 is 0.902 bits per heavy atom. The van der Waals surface area contributed by atoms with Gasteiger partial charge in [0.25, 0.3) is 0 Å². The Balaban J connectivity index is 1.27. The Kier molecular flexibility index (Phi) is 20.5. The topological polar surface area (TPSA) is 124 Å². The van der Waals surface area contributed by atoms with E-state index in [1.54, 1.807) is 0 Å². The van der Waals surface area contributed by atoms with Gasteiger partial charge in [0.2, 0.25) is 0 Å². The van der Waals surface area contributed by atoms with Crippen LogP contribution in [0.25, 0.3) is 0 Å². The lowest BCUT2D eigenvalue weighted by atomic mass is 9.97. The second kappa shape index (κ2) is 23.9. The summed E-state index contributed by atoms with van der Waals surface area (Å²) in [5, 5.41) is 36.4. The minimum atomic E-state index is 0.294. The van der Waals surface area contributed by atoms with Gasteiger partial charge >= 0.3 is 0 Å². The molecule has 2 saturated heterocycles. The Bertz CT molecular complexity index is 591. The second-order valence-corrected chi connectivity index (χ2v) is 12.2. The van der Waals surface area contributed by atoms with Crippen molar-refractivity contribution in [3.8, 4) is 0 Å². The fourth-order valence-electron chi connectivity index (χ4n) is 6.40. The van der Waals surface area contributed by atoms with Crippen LogP contribution in [0.4, 0.5) is 0 Å². The zero-order valence-electron chi connectivity index (χ0n) is 26.3. The number of hydrogen-bond donors (Lipinski definition) is 10. The molecule has 0 amide bonds. The average molecular weight is 582 g/mol. The van der Waals surface area contributed by atoms with E-state index >= 15 is 0 Å². The number of hydrogen-bond acceptors (Lipinski definition) is 11. The molecule has 2 aliphatic heterocycles. The van der Waals surface area contributed by atoms with E-state index in [1.807, 2.05) is 0 Å². The molecule has 41 heavy (non-hydrogen) atoms. The summed E-state index contributed by atoms with van der Waals surface area (Å²) in [5.41, 5.74) is 0.294. The monoisotopic (exact) mass is 582 g/mol. The first-order valence-corrected chi connectivity index (χ1v) is 17.2. The van der Waals surface area contributed by atoms with Crippen molar-refractivity contribution in [3.05, 3.63) is 0 Å². The largest absolute Gasteiger partial charge is 0.315 e. The first-order chi connectivity index (χ1) is 20.4. The number of nitrogens with one attached hydrogen (secondary N) is 10. The van der Waals surface area contributed by atoms with Crippen molar-refractivity contribution >= 4 is 0 Å². The van der Waals surface area contributed by atoms with Gasteiger partial charge in [0.1, 0.15) is 0 Å². The predicted octanol–water partition coefficient (Wildman–Crippen LogP) is -1.94. The van der Waals surface area contributed by atoms with Gasteiger partial charge in [0, 0.05) is 129 Å². The Hall–Kier alpha value is -0.440. The van der Waals surface area contributed by atoms with Crippen LogP contribution in [0.5, 0.6) is 0 Å². The normalized spacial score (nSPS) is 28.5. The van der Waals surface area contributed by atoms with E-state index in [1.165, 1.54) is 51.5 Å². The highest BCUT2D eigenvalue weighted by molar-refractivity contribution is 4.94. The standard InChI is InChI=1S/C30H67N11/c1-2-7-30(6-1)28-39-21-19-32-9-4-8-31-10-11-33-16-17-37-24-26-41-25-3-5-29(41)27-38-20-18-35-13-12-34-14-15-36-22-23-40-30/h29,31-40H,1-28H2. The van der Waals surface area contributed by atoms with Crippen LogP contribution in [0, 0.1) is 0 Å². The molecular formula is C30H67N11. The highest BCUT2D eigenvalue weighted by Crippen LogP contribution is 2.28. The van der Waals surface area contributed by atoms with Gasteiger partial charge in [-0.1, -0.05) is 12.8 Å². The fourth-order valence-corrected chi connectivity index (χ4v) is 6.40. The van der Waals surface area contributed by atoms with E-state index < -0.39 is 0 Å². The highest BCUT2D eigenvalue weighted by atomic mass is 15.2. The van der Waals surface area contributed by atoms with Crippen LogP contribution >= 0.6 is 0 Å². The first kappa shape index (κ1) is 35.0. The molecule has 0 aromatic carbocycles. The van der Waals surface area contributed by atoms with Crippen LogP contribution in [-0.2, 0) is 0 Å². The van der Waals surface area contributed by atoms with Gasteiger partial charge in [-0.15, -0.1) is 0 Å². The number of fused-ring (bicyclic) bond motifs is 1. The van der Waals surface area contributed by atoms with Crippen molar-refractivity contribution in [3.63, 3.8) is 0 Å². The van der Waals surface area contributed by atoms with Crippen LogP contribution in [-0.4, -0.2) is 154 Å². The van der Waals surface area contributed by atoms with Gasteiger partial charge in [-0.2, -0.15) is 0 Å². The minimum Gasteiger partial charge on any atom is -0.315 e. The summed E-state index contributed by atoms with van der Waals surface area (Å²) in [6.07, 6.45) is 9.15. The van der Waals surface area contributed by atoms with E-state index in [2.05, 4.69) is 58.1 Å². The van der Waals surface area contributed by atoms with Crippen molar-refractivity contribution in [1.82, 2.24) is 58.1 Å². The predicted molar refractivity (Wildman–Crippen MR) is 174 cm³/mol. The molecule has 3 rings (SSSR count). The van der Waals surface area contributed by atoms with Crippen molar-refractivity contribution in [2.24, 2.45) is 0 Å². The Morgan fingerprint density at radius 1 is 0.415 bits per heavy atom. The van der Waals surface area contributed by atoms with Crippen molar-refractivity contribution in [2.75, 3.05) is 137 Å². The lowest BCUT2D eigenvalue weighted by molar-refractivity contribution is 0.248. The molecule has 0 radical (unpaired) electrons. The summed E-state index contributed by atoms with van der Waals surface area (Å²) in [4.78, 5) is 2.67. The second-order valence-electron chi connectivity index (χ2n) is 12.2. The molecule has 11 heteroatoms. The number of nitrogens with zero attached hydrogens (tertiary/aromatic N) is 1. The van der Waals surface area contributed by atoms with E-state index in [-0.39, 0.29) is 0 Å². The lowest BCUT2D eigenvalue weighted by Gasteiger charge is -2.31. The molecule has 10 N–H and O–H groups in total. The van der Waals surface area contributed by atoms with Gasteiger partial charge in [-0.05, 0) is 51.7 Å². The zero-order valence-corrected chi connectivity index (χ0v) is 26.3. The molecule has 2 heterocycles. The molecule has 11 nitrogen and oxygen atoms in total. The molecule has 242 valence electrons. The third kappa shape index (κ3) is 16.8. The lowest BCUT2D eigenvalue weighted by Crippen LogP contribution is -2.53. The van der Waals surface area contributed by atoms with Crippen molar-refractivity contribution in [1.29, 1.82) is 0 Å². The SMILES string of the molecule is C1CNCCNCCNCCN2CCCC2CNCCNCCNCCNCCNC2(CCCC2)CNCCNC1. The van der Waals surface area contributed by atoms with Crippen LogP contribution < -0.4 is 53.2 Å². The maximum atomic E-state index is 3.90.